The summed E-state index contributed by atoms with van der Waals surface area (Å²) in [5, 5.41) is 4.01. The lowest BCUT2D eigenvalue weighted by Crippen LogP contribution is -2.07. The fourth-order valence-electron chi connectivity index (χ4n) is 1.22. The minimum absolute atomic E-state index is 0.00194. The molecule has 0 fully saturated rings. The van der Waals surface area contributed by atoms with Gasteiger partial charge in [0.05, 0.1) is 0 Å². The van der Waals surface area contributed by atoms with E-state index < -0.39 is 0 Å². The maximum atomic E-state index is 5.76. The lowest BCUT2D eigenvalue weighted by Gasteiger charge is -2.04. The highest BCUT2D eigenvalue weighted by Crippen LogP contribution is 2.13. The SMILES string of the molecule is CC(N)c1cccn2ncnc12. The summed E-state index contributed by atoms with van der Waals surface area (Å²) < 4.78 is 1.72. The molecule has 0 aliphatic carbocycles. The third kappa shape index (κ3) is 0.967. The first kappa shape index (κ1) is 7.24. The van der Waals surface area contributed by atoms with Gasteiger partial charge in [-0.2, -0.15) is 5.10 Å². The van der Waals surface area contributed by atoms with Crippen LogP contribution in [0.3, 0.4) is 0 Å². The molecule has 0 spiro atoms. The van der Waals surface area contributed by atoms with Crippen LogP contribution in [0.4, 0.5) is 0 Å². The van der Waals surface area contributed by atoms with Crippen molar-refractivity contribution in [2.75, 3.05) is 0 Å². The van der Waals surface area contributed by atoms with E-state index in [2.05, 4.69) is 10.1 Å². The average molecular weight is 162 g/mol. The normalized spacial score (nSPS) is 13.5. The zero-order valence-electron chi connectivity index (χ0n) is 6.81. The standard InChI is InChI=1S/C8H10N4/c1-6(9)7-3-2-4-12-8(7)10-5-11-12/h2-6H,9H2,1H3. The third-order valence-electron chi connectivity index (χ3n) is 1.82. The van der Waals surface area contributed by atoms with Crippen LogP contribution in [-0.2, 0) is 0 Å². The Balaban J connectivity index is 2.73. The van der Waals surface area contributed by atoms with Gasteiger partial charge in [-0.3, -0.25) is 0 Å². The van der Waals surface area contributed by atoms with E-state index in [4.69, 9.17) is 5.73 Å². The van der Waals surface area contributed by atoms with Crippen LogP contribution in [0, 0.1) is 0 Å². The second kappa shape index (κ2) is 2.57. The molecule has 12 heavy (non-hydrogen) atoms. The molecule has 1 atom stereocenters. The molecule has 2 aromatic heterocycles. The van der Waals surface area contributed by atoms with Crippen LogP contribution in [0.2, 0.25) is 0 Å². The number of fused-ring (bicyclic) bond motifs is 1. The van der Waals surface area contributed by atoms with Crippen LogP contribution in [0.1, 0.15) is 18.5 Å². The quantitative estimate of drug-likeness (QED) is 0.673. The van der Waals surface area contributed by atoms with Crippen molar-refractivity contribution >= 4 is 5.65 Å². The van der Waals surface area contributed by atoms with E-state index in [0.29, 0.717) is 0 Å². The van der Waals surface area contributed by atoms with Gasteiger partial charge in [-0.15, -0.1) is 0 Å². The summed E-state index contributed by atoms with van der Waals surface area (Å²) in [5.74, 6) is 0. The number of nitrogens with two attached hydrogens (primary N) is 1. The van der Waals surface area contributed by atoms with Crippen molar-refractivity contribution in [1.82, 2.24) is 14.6 Å². The second-order valence-corrected chi connectivity index (χ2v) is 2.78. The largest absolute Gasteiger partial charge is 0.324 e. The summed E-state index contributed by atoms with van der Waals surface area (Å²) in [6.45, 7) is 1.93. The molecule has 4 heteroatoms. The maximum Gasteiger partial charge on any atom is 0.159 e. The Bertz CT molecular complexity index is 391. The zero-order valence-corrected chi connectivity index (χ0v) is 6.81. The monoisotopic (exact) mass is 162 g/mol. The lowest BCUT2D eigenvalue weighted by molar-refractivity contribution is 0.810. The lowest BCUT2D eigenvalue weighted by atomic mass is 10.1. The van der Waals surface area contributed by atoms with E-state index in [0.717, 1.165) is 11.2 Å². The van der Waals surface area contributed by atoms with Gasteiger partial charge in [0.2, 0.25) is 0 Å². The number of aromatic nitrogens is 3. The van der Waals surface area contributed by atoms with Crippen LogP contribution in [-0.4, -0.2) is 14.6 Å². The highest BCUT2D eigenvalue weighted by molar-refractivity contribution is 5.47. The van der Waals surface area contributed by atoms with Crippen molar-refractivity contribution in [3.8, 4) is 0 Å². The molecule has 2 heterocycles. The number of rotatable bonds is 1. The number of nitrogens with zero attached hydrogens (tertiary/aromatic N) is 3. The van der Waals surface area contributed by atoms with E-state index in [-0.39, 0.29) is 6.04 Å². The minimum Gasteiger partial charge on any atom is -0.324 e. The highest BCUT2D eigenvalue weighted by Gasteiger charge is 2.05. The topological polar surface area (TPSA) is 56.2 Å². The van der Waals surface area contributed by atoms with Gasteiger partial charge >= 0.3 is 0 Å². The van der Waals surface area contributed by atoms with E-state index in [1.807, 2.05) is 25.3 Å². The molecule has 1 unspecified atom stereocenters. The van der Waals surface area contributed by atoms with Gasteiger partial charge in [-0.25, -0.2) is 9.50 Å². The van der Waals surface area contributed by atoms with Crippen molar-refractivity contribution < 1.29 is 0 Å². The fourth-order valence-corrected chi connectivity index (χ4v) is 1.22. The van der Waals surface area contributed by atoms with Gasteiger partial charge in [0.25, 0.3) is 0 Å². The third-order valence-corrected chi connectivity index (χ3v) is 1.82. The Hall–Kier alpha value is -1.42. The zero-order chi connectivity index (χ0) is 8.55. The molecule has 2 rings (SSSR count). The van der Waals surface area contributed by atoms with Gasteiger partial charge in [0, 0.05) is 17.8 Å². The first-order valence-electron chi connectivity index (χ1n) is 3.83. The summed E-state index contributed by atoms with van der Waals surface area (Å²) in [4.78, 5) is 4.11. The molecule has 0 bridgehead atoms. The fraction of sp³-hybridized carbons (Fsp3) is 0.250. The van der Waals surface area contributed by atoms with E-state index >= 15 is 0 Å². The molecule has 0 aliphatic rings. The predicted molar refractivity (Wildman–Crippen MR) is 45.6 cm³/mol. The van der Waals surface area contributed by atoms with Crippen LogP contribution >= 0.6 is 0 Å². The van der Waals surface area contributed by atoms with Gasteiger partial charge < -0.3 is 5.73 Å². The van der Waals surface area contributed by atoms with Crippen LogP contribution in [0.15, 0.2) is 24.7 Å². The predicted octanol–water partition coefficient (Wildman–Crippen LogP) is 0.749. The Morgan fingerprint density at radius 3 is 3.17 bits per heavy atom. The van der Waals surface area contributed by atoms with Gasteiger partial charge in [0.1, 0.15) is 6.33 Å². The summed E-state index contributed by atoms with van der Waals surface area (Å²) in [7, 11) is 0. The first-order chi connectivity index (χ1) is 5.79. The van der Waals surface area contributed by atoms with Crippen molar-refractivity contribution in [3.63, 3.8) is 0 Å². The molecule has 62 valence electrons. The van der Waals surface area contributed by atoms with Gasteiger partial charge in [-0.1, -0.05) is 6.07 Å². The van der Waals surface area contributed by atoms with Crippen LogP contribution < -0.4 is 5.73 Å². The molecular formula is C8H10N4. The summed E-state index contributed by atoms with van der Waals surface area (Å²) >= 11 is 0. The molecular weight excluding hydrogens is 152 g/mol. The summed E-state index contributed by atoms with van der Waals surface area (Å²) in [5.41, 5.74) is 7.62. The maximum absolute atomic E-state index is 5.76. The van der Waals surface area contributed by atoms with E-state index in [1.54, 1.807) is 4.52 Å². The van der Waals surface area contributed by atoms with Crippen molar-refractivity contribution in [1.29, 1.82) is 0 Å². The Morgan fingerprint density at radius 2 is 2.42 bits per heavy atom. The van der Waals surface area contributed by atoms with Crippen molar-refractivity contribution in [2.45, 2.75) is 13.0 Å². The van der Waals surface area contributed by atoms with Crippen molar-refractivity contribution in [3.05, 3.63) is 30.2 Å². The van der Waals surface area contributed by atoms with Gasteiger partial charge in [-0.05, 0) is 13.0 Å². The Morgan fingerprint density at radius 1 is 1.58 bits per heavy atom. The molecule has 0 radical (unpaired) electrons. The molecule has 0 saturated heterocycles. The number of hydrogen-bond acceptors (Lipinski definition) is 3. The summed E-state index contributed by atoms with van der Waals surface area (Å²) in [6, 6.07) is 3.88. The molecule has 0 saturated carbocycles. The number of pyridine rings is 1. The van der Waals surface area contributed by atoms with E-state index in [1.165, 1.54) is 6.33 Å². The highest BCUT2D eigenvalue weighted by atomic mass is 15.3. The smallest absolute Gasteiger partial charge is 0.159 e. The Kier molecular flexibility index (Phi) is 1.55. The first-order valence-corrected chi connectivity index (χ1v) is 3.83. The second-order valence-electron chi connectivity index (χ2n) is 2.78. The van der Waals surface area contributed by atoms with Crippen molar-refractivity contribution in [2.24, 2.45) is 5.73 Å². The Labute approximate surface area is 70.0 Å². The average Bonchev–Trinajstić information content (AvgIpc) is 2.49. The minimum atomic E-state index is -0.00194. The molecule has 2 aromatic rings. The summed E-state index contributed by atoms with van der Waals surface area (Å²) in [6.07, 6.45) is 3.38. The molecule has 2 N–H and O–H groups in total. The van der Waals surface area contributed by atoms with Crippen LogP contribution in [0.25, 0.3) is 5.65 Å². The molecule has 0 amide bonds. The molecule has 4 nitrogen and oxygen atoms in total. The van der Waals surface area contributed by atoms with Gasteiger partial charge in [0.15, 0.2) is 5.65 Å². The van der Waals surface area contributed by atoms with Crippen LogP contribution in [0.5, 0.6) is 0 Å². The number of hydrogen-bond donors (Lipinski definition) is 1. The van der Waals surface area contributed by atoms with E-state index in [9.17, 15) is 0 Å². The molecule has 0 aliphatic heterocycles. The molecule has 0 aromatic carbocycles.